The van der Waals surface area contributed by atoms with Gasteiger partial charge in [-0.05, 0) is 76.2 Å². The Morgan fingerprint density at radius 1 is 1.03 bits per heavy atom. The van der Waals surface area contributed by atoms with E-state index in [1.54, 1.807) is 49.5 Å². The quantitative estimate of drug-likeness (QED) is 0.0517. The van der Waals surface area contributed by atoms with Gasteiger partial charge in [-0.15, -0.1) is 5.10 Å². The number of anilines is 1. The lowest BCUT2D eigenvalue weighted by Crippen LogP contribution is -2.42. The third-order valence-electron chi connectivity index (χ3n) is 9.30. The Hall–Kier alpha value is -4.39. The summed E-state index contributed by atoms with van der Waals surface area (Å²) in [5.74, 6) is -0.911. The van der Waals surface area contributed by atoms with E-state index in [0.717, 1.165) is 14.6 Å². The third kappa shape index (κ3) is 10.8. The van der Waals surface area contributed by atoms with E-state index in [-0.39, 0.29) is 83.8 Å². The number of aromatic nitrogens is 3. The Bertz CT molecular complexity index is 2200. The number of unbranched alkanes of at least 4 members (excludes halogenated alkanes) is 1. The molecule has 5 rings (SSSR count). The fourth-order valence-corrected chi connectivity index (χ4v) is 7.49. The molecule has 0 saturated heterocycles. The van der Waals surface area contributed by atoms with Crippen molar-refractivity contribution in [2.45, 2.75) is 80.5 Å². The van der Waals surface area contributed by atoms with Crippen LogP contribution < -0.4 is 24.1 Å². The van der Waals surface area contributed by atoms with E-state index in [0.29, 0.717) is 30.8 Å². The van der Waals surface area contributed by atoms with Crippen LogP contribution in [0, 0.1) is 11.2 Å². The second-order valence-electron chi connectivity index (χ2n) is 14.2. The number of methoxy groups -OCH3 is 2. The molecule has 1 atom stereocenters. The minimum atomic E-state index is -4.08. The molecule has 17 heteroatoms. The van der Waals surface area contributed by atoms with E-state index in [2.05, 4.69) is 27.7 Å². The van der Waals surface area contributed by atoms with Gasteiger partial charge >= 0.3 is 5.97 Å². The normalized spacial score (nSPS) is 13.8. The summed E-state index contributed by atoms with van der Waals surface area (Å²) in [5.41, 5.74) is 0.0986. The van der Waals surface area contributed by atoms with Crippen LogP contribution in [0.3, 0.4) is 0 Å². The standard InChI is InChI=1S/C38H48FN5O9S.C2H6.CH3I/c1-9-42-21-24(2)44-31-30(33(51-8)32(44)36(42)46)35(45)43(40-34(31)41(6)54(48,49)19-11-10-18-52-37(47)38(3,4)5)22-26-14-15-27(39)20-29(26)53-23-25-12-16-28(50-7)17-13-25;2*1-2/h12-17,20,24H,9-11,18-19,21-23H2,1-8H3;1-2H3;1H3/t24-;;/m0../s1. The average Bonchev–Trinajstić information content (AvgIpc) is 3.57. The minimum Gasteiger partial charge on any atom is -0.497 e. The first-order chi connectivity index (χ1) is 27.5. The fraction of sp³-hybridized carbons (Fsp3) is 0.512. The molecule has 1 aliphatic rings. The van der Waals surface area contributed by atoms with Crippen LogP contribution in [-0.4, -0.2) is 91.2 Å². The molecule has 14 nitrogen and oxygen atoms in total. The molecule has 320 valence electrons. The molecule has 2 aromatic carbocycles. The first-order valence-electron chi connectivity index (χ1n) is 19.1. The maximum Gasteiger partial charge on any atom is 0.311 e. The largest absolute Gasteiger partial charge is 0.497 e. The Morgan fingerprint density at radius 3 is 2.28 bits per heavy atom. The number of rotatable bonds is 15. The predicted octanol–water partition coefficient (Wildman–Crippen LogP) is 7.23. The van der Waals surface area contributed by atoms with E-state index in [9.17, 15) is 27.2 Å². The molecule has 0 spiro atoms. The first kappa shape index (κ1) is 48.0. The number of halogens is 2. The first-order valence-corrected chi connectivity index (χ1v) is 22.9. The molecule has 0 radical (unpaired) electrons. The number of ether oxygens (including phenoxy) is 4. The van der Waals surface area contributed by atoms with Gasteiger partial charge in [-0.3, -0.25) is 18.7 Å². The number of amides is 1. The van der Waals surface area contributed by atoms with Gasteiger partial charge in [-0.25, -0.2) is 17.5 Å². The van der Waals surface area contributed by atoms with Crippen molar-refractivity contribution in [2.24, 2.45) is 5.41 Å². The van der Waals surface area contributed by atoms with Crippen molar-refractivity contribution in [3.8, 4) is 17.2 Å². The van der Waals surface area contributed by atoms with Gasteiger partial charge in [0.1, 0.15) is 34.8 Å². The number of carbonyl (C=O) groups is 2. The highest BCUT2D eigenvalue weighted by atomic mass is 127. The Balaban J connectivity index is 0.00000218. The SMILES string of the molecule is CC.CCN1C[C@H](C)n2c(c(OC)c3c(=O)n(Cc4ccc(F)cc4OCc4ccc(OC)cc4)nc(N(C)S(=O)(=O)CCCCOC(=O)C(C)(C)C)c32)C1=O.CI. The number of hydrogen-bond acceptors (Lipinski definition) is 10. The molecule has 0 unspecified atom stereocenters. The summed E-state index contributed by atoms with van der Waals surface area (Å²) in [6.07, 6.45) is 0.473. The number of benzene rings is 2. The molecule has 0 bridgehead atoms. The monoisotopic (exact) mass is 941 g/mol. The van der Waals surface area contributed by atoms with Gasteiger partial charge in [0.15, 0.2) is 17.3 Å². The number of sulfonamides is 1. The van der Waals surface area contributed by atoms with Crippen LogP contribution in [0.25, 0.3) is 10.9 Å². The second kappa shape index (κ2) is 21.0. The van der Waals surface area contributed by atoms with Crippen molar-refractivity contribution in [2.75, 3.05) is 56.0 Å². The van der Waals surface area contributed by atoms with Gasteiger partial charge in [-0.1, -0.05) is 54.6 Å². The topological polar surface area (TPSA) is 152 Å². The van der Waals surface area contributed by atoms with Crippen molar-refractivity contribution in [3.63, 3.8) is 0 Å². The van der Waals surface area contributed by atoms with Gasteiger partial charge in [0.25, 0.3) is 11.5 Å². The number of esters is 1. The van der Waals surface area contributed by atoms with Crippen LogP contribution in [0.5, 0.6) is 17.2 Å². The van der Waals surface area contributed by atoms with E-state index >= 15 is 0 Å². The molecule has 0 N–H and O–H groups in total. The maximum atomic E-state index is 14.6. The van der Waals surface area contributed by atoms with E-state index < -0.39 is 26.8 Å². The van der Waals surface area contributed by atoms with Crippen LogP contribution >= 0.6 is 22.6 Å². The molecule has 3 heterocycles. The number of carbonyl (C=O) groups excluding carboxylic acids is 2. The number of hydrogen-bond donors (Lipinski definition) is 0. The second-order valence-corrected chi connectivity index (χ2v) is 16.3. The van der Waals surface area contributed by atoms with Gasteiger partial charge in [-0.2, -0.15) is 0 Å². The molecule has 4 aromatic rings. The van der Waals surface area contributed by atoms with E-state index in [1.165, 1.54) is 32.4 Å². The molecule has 2 aromatic heterocycles. The van der Waals surface area contributed by atoms with Crippen LogP contribution in [0.1, 0.15) is 89.0 Å². The summed E-state index contributed by atoms with van der Waals surface area (Å²) in [6.45, 7) is 13.5. The van der Waals surface area contributed by atoms with Gasteiger partial charge < -0.3 is 28.4 Å². The zero-order valence-electron chi connectivity index (χ0n) is 35.4. The number of likely N-dealkylation sites (N-methyl/N-ethyl adjacent to an activating group) is 1. The summed E-state index contributed by atoms with van der Waals surface area (Å²) in [5, 5.41) is 4.61. The molecule has 1 aliphatic heterocycles. The molecule has 0 saturated carbocycles. The summed E-state index contributed by atoms with van der Waals surface area (Å²) in [6, 6.07) is 10.7. The maximum absolute atomic E-state index is 14.6. The summed E-state index contributed by atoms with van der Waals surface area (Å²) in [4.78, 5) is 44.0. The number of fused-ring (bicyclic) bond motifs is 3. The summed E-state index contributed by atoms with van der Waals surface area (Å²) >= 11 is 2.15. The van der Waals surface area contributed by atoms with Crippen LogP contribution in [-0.2, 0) is 32.7 Å². The molecule has 1 amide bonds. The number of alkyl halides is 1. The Morgan fingerprint density at radius 2 is 1.69 bits per heavy atom. The van der Waals surface area contributed by atoms with Crippen LogP contribution in [0.4, 0.5) is 10.2 Å². The van der Waals surface area contributed by atoms with Crippen molar-refractivity contribution >= 4 is 61.2 Å². The third-order valence-corrected chi connectivity index (χ3v) is 11.1. The minimum absolute atomic E-state index is 0.00366. The zero-order valence-corrected chi connectivity index (χ0v) is 38.3. The van der Waals surface area contributed by atoms with Crippen molar-refractivity contribution < 1.29 is 41.3 Å². The zero-order chi connectivity index (χ0) is 43.5. The number of nitrogens with zero attached hydrogens (tertiary/aromatic N) is 5. The molecule has 0 aliphatic carbocycles. The smallest absolute Gasteiger partial charge is 0.311 e. The van der Waals surface area contributed by atoms with Gasteiger partial charge in [0.2, 0.25) is 10.0 Å². The highest BCUT2D eigenvalue weighted by Crippen LogP contribution is 2.41. The molecular formula is C41H57FIN5O9S. The lowest BCUT2D eigenvalue weighted by Gasteiger charge is -2.33. The molecule has 0 fully saturated rings. The highest BCUT2D eigenvalue weighted by molar-refractivity contribution is 14.1. The van der Waals surface area contributed by atoms with Crippen molar-refractivity contribution in [1.82, 2.24) is 19.2 Å². The van der Waals surface area contributed by atoms with E-state index in [4.69, 9.17) is 18.9 Å². The predicted molar refractivity (Wildman–Crippen MR) is 233 cm³/mol. The Kier molecular flexibility index (Phi) is 17.4. The Labute approximate surface area is 354 Å². The lowest BCUT2D eigenvalue weighted by molar-refractivity contribution is -0.153. The van der Waals surface area contributed by atoms with Gasteiger partial charge in [0.05, 0.1) is 38.5 Å². The van der Waals surface area contributed by atoms with Crippen LogP contribution in [0.2, 0.25) is 0 Å². The summed E-state index contributed by atoms with van der Waals surface area (Å²) in [7, 11) is 0.164. The molecular weight excluding hydrogens is 884 g/mol. The summed E-state index contributed by atoms with van der Waals surface area (Å²) < 4.78 is 68.5. The highest BCUT2D eigenvalue weighted by Gasteiger charge is 2.39. The molecule has 58 heavy (non-hydrogen) atoms. The average molecular weight is 942 g/mol. The van der Waals surface area contributed by atoms with Crippen molar-refractivity contribution in [3.05, 3.63) is 75.5 Å². The van der Waals surface area contributed by atoms with Crippen LogP contribution in [0.15, 0.2) is 47.3 Å². The fourth-order valence-electron chi connectivity index (χ4n) is 6.26. The lowest BCUT2D eigenvalue weighted by atomic mass is 9.97. The van der Waals surface area contributed by atoms with Gasteiger partial charge in [0, 0.05) is 37.8 Å². The van der Waals surface area contributed by atoms with E-state index in [1.807, 2.05) is 44.8 Å². The van der Waals surface area contributed by atoms with Crippen molar-refractivity contribution in [1.29, 1.82) is 0 Å².